The minimum atomic E-state index is -0.418. The quantitative estimate of drug-likeness (QED) is 0.448. The van der Waals surface area contributed by atoms with E-state index in [9.17, 15) is 9.59 Å². The van der Waals surface area contributed by atoms with Crippen LogP contribution in [0.25, 0.3) is 0 Å². The van der Waals surface area contributed by atoms with Gasteiger partial charge >= 0.3 is 5.97 Å². The Labute approximate surface area is 202 Å². The third kappa shape index (κ3) is 4.67. The number of anilines is 1. The van der Waals surface area contributed by atoms with Gasteiger partial charge in [-0.15, -0.1) is 0 Å². The highest BCUT2D eigenvalue weighted by Crippen LogP contribution is 2.42. The summed E-state index contributed by atoms with van der Waals surface area (Å²) in [4.78, 5) is 30.0. The van der Waals surface area contributed by atoms with Crippen molar-refractivity contribution in [2.24, 2.45) is 0 Å². The number of methoxy groups -OCH3 is 1. The number of esters is 1. The molecule has 1 saturated heterocycles. The summed E-state index contributed by atoms with van der Waals surface area (Å²) in [5.41, 5.74) is 2.65. The monoisotopic (exact) mass is 475 g/mol. The van der Waals surface area contributed by atoms with Gasteiger partial charge in [0.2, 0.25) is 0 Å². The van der Waals surface area contributed by atoms with E-state index in [0.717, 1.165) is 33.9 Å². The molecule has 0 saturated carbocycles. The number of carbonyl (C=O) groups excluding carboxylic acids is 2. The number of fused-ring (bicyclic) bond motifs is 2. The largest absolute Gasteiger partial charge is 0.497 e. The van der Waals surface area contributed by atoms with Gasteiger partial charge in [0, 0.05) is 16.4 Å². The smallest absolute Gasteiger partial charge is 0.338 e. The van der Waals surface area contributed by atoms with Crippen molar-refractivity contribution in [2.75, 3.05) is 25.2 Å². The van der Waals surface area contributed by atoms with Gasteiger partial charge in [0.05, 0.1) is 36.6 Å². The van der Waals surface area contributed by atoms with Crippen LogP contribution < -0.4 is 9.64 Å². The van der Waals surface area contributed by atoms with E-state index in [4.69, 9.17) is 14.2 Å². The molecule has 1 fully saturated rings. The van der Waals surface area contributed by atoms with Crippen LogP contribution in [-0.4, -0.2) is 38.3 Å². The normalized spacial score (nSPS) is 17.0. The van der Waals surface area contributed by atoms with Gasteiger partial charge in [-0.25, -0.2) is 4.79 Å². The first-order valence-corrected chi connectivity index (χ1v) is 12.1. The van der Waals surface area contributed by atoms with Crippen LogP contribution in [0.2, 0.25) is 0 Å². The fraction of sp³-hybridized carbons (Fsp3) is 0.259. The molecule has 5 rings (SSSR count). The Hall–Kier alpha value is -3.29. The summed E-state index contributed by atoms with van der Waals surface area (Å²) >= 11 is 1.52. The van der Waals surface area contributed by atoms with E-state index < -0.39 is 5.97 Å². The fourth-order valence-electron chi connectivity index (χ4n) is 4.19. The van der Waals surface area contributed by atoms with Crippen molar-refractivity contribution in [3.8, 4) is 5.75 Å². The SMILES string of the molecule is COc1cccc(CN2C(=O)c3ccccc3Sc3ccc(C(=O)OCC4CCCO4)cc32)c1. The van der Waals surface area contributed by atoms with Crippen LogP contribution in [0.3, 0.4) is 0 Å². The van der Waals surface area contributed by atoms with Crippen molar-refractivity contribution in [1.29, 1.82) is 0 Å². The maximum Gasteiger partial charge on any atom is 0.338 e. The Morgan fingerprint density at radius 2 is 1.97 bits per heavy atom. The predicted octanol–water partition coefficient (Wildman–Crippen LogP) is 5.34. The molecule has 34 heavy (non-hydrogen) atoms. The maximum absolute atomic E-state index is 13.7. The summed E-state index contributed by atoms with van der Waals surface area (Å²) in [6.07, 6.45) is 1.84. The van der Waals surface area contributed by atoms with E-state index in [1.54, 1.807) is 24.1 Å². The van der Waals surface area contributed by atoms with E-state index in [-0.39, 0.29) is 18.6 Å². The molecule has 0 aromatic heterocycles. The highest BCUT2D eigenvalue weighted by atomic mass is 32.2. The molecule has 2 aliphatic rings. The van der Waals surface area contributed by atoms with Crippen molar-refractivity contribution in [3.05, 3.63) is 83.4 Å². The molecule has 2 heterocycles. The Balaban J connectivity index is 1.49. The minimum Gasteiger partial charge on any atom is -0.497 e. The van der Waals surface area contributed by atoms with Gasteiger partial charge in [-0.05, 0) is 60.9 Å². The summed E-state index contributed by atoms with van der Waals surface area (Å²) in [7, 11) is 1.62. The van der Waals surface area contributed by atoms with Crippen molar-refractivity contribution < 1.29 is 23.8 Å². The lowest BCUT2D eigenvalue weighted by Crippen LogP contribution is -2.30. The molecule has 3 aromatic carbocycles. The van der Waals surface area contributed by atoms with Crippen LogP contribution in [-0.2, 0) is 16.0 Å². The van der Waals surface area contributed by atoms with Crippen molar-refractivity contribution in [2.45, 2.75) is 35.3 Å². The summed E-state index contributed by atoms with van der Waals surface area (Å²) in [5.74, 6) is 0.189. The van der Waals surface area contributed by atoms with E-state index in [2.05, 4.69) is 0 Å². The Morgan fingerprint density at radius 3 is 2.79 bits per heavy atom. The second kappa shape index (κ2) is 9.91. The fourth-order valence-corrected chi connectivity index (χ4v) is 5.24. The molecule has 3 aromatic rings. The zero-order valence-corrected chi connectivity index (χ0v) is 19.7. The van der Waals surface area contributed by atoms with Crippen molar-refractivity contribution in [3.63, 3.8) is 0 Å². The van der Waals surface area contributed by atoms with Crippen LogP contribution in [0.1, 0.15) is 39.1 Å². The van der Waals surface area contributed by atoms with Crippen molar-refractivity contribution >= 4 is 29.3 Å². The standard InChI is InChI=1S/C27H25NO5S/c1-31-20-7-4-6-18(14-20)16-28-23-15-19(27(30)33-17-21-8-5-13-32-21)11-12-25(23)34-24-10-3-2-9-22(24)26(28)29/h2-4,6-7,9-12,14-15,21H,5,8,13,16-17H2,1H3. The van der Waals surface area contributed by atoms with Crippen LogP contribution in [0.4, 0.5) is 5.69 Å². The molecule has 0 radical (unpaired) electrons. The number of hydrogen-bond acceptors (Lipinski definition) is 6. The van der Waals surface area contributed by atoms with Gasteiger partial charge in [-0.2, -0.15) is 0 Å². The van der Waals surface area contributed by atoms with E-state index in [0.29, 0.717) is 30.0 Å². The van der Waals surface area contributed by atoms with Gasteiger partial charge < -0.3 is 19.1 Å². The molecule has 6 nitrogen and oxygen atoms in total. The van der Waals surface area contributed by atoms with Gasteiger partial charge in [-0.1, -0.05) is 36.0 Å². The van der Waals surface area contributed by atoms with E-state index in [1.165, 1.54) is 11.8 Å². The topological polar surface area (TPSA) is 65.1 Å². The number of ether oxygens (including phenoxy) is 3. The maximum atomic E-state index is 13.7. The van der Waals surface area contributed by atoms with E-state index in [1.807, 2.05) is 54.6 Å². The summed E-state index contributed by atoms with van der Waals surface area (Å²) in [5, 5.41) is 0. The Kier molecular flexibility index (Phi) is 6.56. The first-order chi connectivity index (χ1) is 16.6. The number of benzene rings is 3. The number of amides is 1. The lowest BCUT2D eigenvalue weighted by Gasteiger charge is -2.24. The summed E-state index contributed by atoms with van der Waals surface area (Å²) in [6, 6.07) is 20.6. The minimum absolute atomic E-state index is 0.0408. The van der Waals surface area contributed by atoms with Crippen LogP contribution in [0.5, 0.6) is 5.75 Å². The van der Waals surface area contributed by atoms with E-state index >= 15 is 0 Å². The lowest BCUT2D eigenvalue weighted by molar-refractivity contribution is 0.0161. The zero-order chi connectivity index (χ0) is 23.5. The highest BCUT2D eigenvalue weighted by molar-refractivity contribution is 7.99. The van der Waals surface area contributed by atoms with Gasteiger partial charge in [0.25, 0.3) is 5.91 Å². The Morgan fingerprint density at radius 1 is 1.09 bits per heavy atom. The van der Waals surface area contributed by atoms with Gasteiger partial charge in [0.15, 0.2) is 0 Å². The average Bonchev–Trinajstić information content (AvgIpc) is 3.36. The highest BCUT2D eigenvalue weighted by Gasteiger charge is 2.29. The summed E-state index contributed by atoms with van der Waals surface area (Å²) < 4.78 is 16.4. The third-order valence-corrected chi connectivity index (χ3v) is 7.11. The molecular formula is C27H25NO5S. The number of carbonyl (C=O) groups is 2. The molecule has 2 aliphatic heterocycles. The van der Waals surface area contributed by atoms with Crippen LogP contribution in [0.15, 0.2) is 76.5 Å². The molecule has 1 unspecified atom stereocenters. The molecule has 0 aliphatic carbocycles. The number of hydrogen-bond donors (Lipinski definition) is 0. The zero-order valence-electron chi connectivity index (χ0n) is 18.9. The molecule has 0 spiro atoms. The predicted molar refractivity (Wildman–Crippen MR) is 130 cm³/mol. The average molecular weight is 476 g/mol. The molecule has 0 bridgehead atoms. The van der Waals surface area contributed by atoms with Gasteiger partial charge in [0.1, 0.15) is 12.4 Å². The Bertz CT molecular complexity index is 1220. The molecular weight excluding hydrogens is 450 g/mol. The second-order valence-corrected chi connectivity index (χ2v) is 9.34. The van der Waals surface area contributed by atoms with Crippen molar-refractivity contribution in [1.82, 2.24) is 0 Å². The second-order valence-electron chi connectivity index (χ2n) is 8.26. The first kappa shape index (κ1) is 22.5. The first-order valence-electron chi connectivity index (χ1n) is 11.3. The molecule has 174 valence electrons. The molecule has 1 amide bonds. The third-order valence-electron chi connectivity index (χ3n) is 5.97. The summed E-state index contributed by atoms with van der Waals surface area (Å²) in [6.45, 7) is 1.29. The van der Waals surface area contributed by atoms with Crippen LogP contribution in [0, 0.1) is 0 Å². The number of rotatable bonds is 6. The molecule has 7 heteroatoms. The molecule has 0 N–H and O–H groups in total. The van der Waals surface area contributed by atoms with Crippen LogP contribution >= 0.6 is 11.8 Å². The van der Waals surface area contributed by atoms with Gasteiger partial charge in [-0.3, -0.25) is 4.79 Å². The molecule has 1 atom stereocenters. The lowest BCUT2D eigenvalue weighted by atomic mass is 10.1. The number of nitrogens with zero attached hydrogens (tertiary/aromatic N) is 1.